The maximum Gasteiger partial charge on any atom is 0.192 e. The van der Waals surface area contributed by atoms with E-state index in [0.29, 0.717) is 0 Å². The monoisotopic (exact) mass is 397 g/mol. The van der Waals surface area contributed by atoms with Crippen LogP contribution in [-0.4, -0.2) is 34.6 Å². The molecule has 0 spiro atoms. The molecule has 0 aromatic heterocycles. The molecule has 3 nitrogen and oxygen atoms in total. The number of ether oxygens (including phenoxy) is 1. The van der Waals surface area contributed by atoms with Gasteiger partial charge in [-0.3, -0.25) is 0 Å². The van der Waals surface area contributed by atoms with Crippen LogP contribution in [0.15, 0.2) is 12.1 Å². The summed E-state index contributed by atoms with van der Waals surface area (Å²) in [5, 5.41) is 4.48. The smallest absolute Gasteiger partial charge is 0.192 e. The van der Waals surface area contributed by atoms with Crippen LogP contribution in [0.2, 0.25) is 23.2 Å². The predicted octanol–water partition coefficient (Wildman–Crippen LogP) is 5.65. The first kappa shape index (κ1) is 21.9. The molecule has 1 heterocycles. The fourth-order valence-corrected chi connectivity index (χ4v) is 7.14. The Bertz CT molecular complexity index is 568. The molecule has 0 amide bonds. The summed E-state index contributed by atoms with van der Waals surface area (Å²) in [7, 11) is -1.74. The van der Waals surface area contributed by atoms with Crippen molar-refractivity contribution in [3.05, 3.63) is 33.8 Å². The summed E-state index contributed by atoms with van der Waals surface area (Å²) in [6.07, 6.45) is 0.0132. The van der Waals surface area contributed by atoms with Crippen molar-refractivity contribution in [1.29, 1.82) is 0 Å². The summed E-state index contributed by atoms with van der Waals surface area (Å²) in [4.78, 5) is 0. The van der Waals surface area contributed by atoms with E-state index in [1.807, 2.05) is 0 Å². The predicted molar refractivity (Wildman–Crippen MR) is 114 cm³/mol. The van der Waals surface area contributed by atoms with Gasteiger partial charge in [0.05, 0.1) is 19.3 Å². The summed E-state index contributed by atoms with van der Waals surface area (Å²) in [5.41, 5.74) is 3.84. The van der Waals surface area contributed by atoms with Gasteiger partial charge in [0.2, 0.25) is 0 Å². The molecule has 0 saturated carbocycles. The number of nitrogens with one attached hydrogen (secondary N) is 1. The van der Waals surface area contributed by atoms with E-state index in [-0.39, 0.29) is 11.5 Å². The van der Waals surface area contributed by atoms with Crippen molar-refractivity contribution in [2.45, 2.75) is 65.8 Å². The minimum absolute atomic E-state index is 0.0132. The molecule has 1 fully saturated rings. The lowest BCUT2D eigenvalue weighted by atomic mass is 9.88. The second kappa shape index (κ2) is 9.20. The quantitative estimate of drug-likeness (QED) is 0.517. The van der Waals surface area contributed by atoms with Crippen LogP contribution in [0, 0.1) is 19.3 Å². The normalized spacial score (nSPS) is 17.8. The van der Waals surface area contributed by atoms with Crippen LogP contribution in [0.25, 0.3) is 0 Å². The summed E-state index contributed by atoms with van der Waals surface area (Å²) in [6.45, 7) is 16.8. The molecule has 1 N–H and O–H groups in total. The Morgan fingerprint density at radius 3 is 2.27 bits per heavy atom. The van der Waals surface area contributed by atoms with Crippen LogP contribution in [0.3, 0.4) is 0 Å². The molecule has 1 saturated heterocycles. The molecular formula is C21H36ClNO2Si. The van der Waals surface area contributed by atoms with Gasteiger partial charge in [-0.25, -0.2) is 0 Å². The summed E-state index contributed by atoms with van der Waals surface area (Å²) in [6, 6.07) is 7.71. The van der Waals surface area contributed by atoms with E-state index in [4.69, 9.17) is 20.8 Å². The summed E-state index contributed by atoms with van der Waals surface area (Å²) < 4.78 is 12.3. The first-order valence-corrected chi connectivity index (χ1v) is 12.9. The highest BCUT2D eigenvalue weighted by molar-refractivity contribution is 6.73. The molecule has 0 aliphatic carbocycles. The van der Waals surface area contributed by atoms with Gasteiger partial charge >= 0.3 is 0 Å². The van der Waals surface area contributed by atoms with Gasteiger partial charge in [0.15, 0.2) is 8.32 Å². The number of benzene rings is 1. The standard InChI is InChI=1S/C21H36ClNO2Si/c1-7-26(8-2,9-3)25-19(12-23-13-21(6)14-24-15-21)20-17(5)10-16(4)11-18(20)22/h10-11,19,23H,7-9,12-15H2,1-6H3. The molecule has 148 valence electrons. The van der Waals surface area contributed by atoms with E-state index in [1.165, 1.54) is 11.1 Å². The van der Waals surface area contributed by atoms with E-state index in [0.717, 1.165) is 55.0 Å². The third kappa shape index (κ3) is 5.11. The van der Waals surface area contributed by atoms with Gasteiger partial charge in [-0.15, -0.1) is 0 Å². The third-order valence-electron chi connectivity index (χ3n) is 5.91. The van der Waals surface area contributed by atoms with Crippen LogP contribution in [0.4, 0.5) is 0 Å². The molecule has 1 aromatic carbocycles. The summed E-state index contributed by atoms with van der Waals surface area (Å²) >= 11 is 6.68. The first-order valence-electron chi connectivity index (χ1n) is 10.0. The largest absolute Gasteiger partial charge is 0.409 e. The third-order valence-corrected chi connectivity index (χ3v) is 10.9. The van der Waals surface area contributed by atoms with Crippen LogP contribution in [-0.2, 0) is 9.16 Å². The molecule has 1 atom stereocenters. The Morgan fingerprint density at radius 2 is 1.81 bits per heavy atom. The molecule has 5 heteroatoms. The average molecular weight is 398 g/mol. The molecule has 2 rings (SSSR count). The zero-order valence-corrected chi connectivity index (χ0v) is 19.1. The Morgan fingerprint density at radius 1 is 1.19 bits per heavy atom. The second-order valence-electron chi connectivity index (χ2n) is 8.26. The molecular weight excluding hydrogens is 362 g/mol. The molecule has 0 bridgehead atoms. The van der Waals surface area contributed by atoms with Crippen molar-refractivity contribution in [2.75, 3.05) is 26.3 Å². The Balaban J connectivity index is 2.23. The Labute approximate surface area is 165 Å². The van der Waals surface area contributed by atoms with E-state index in [2.05, 4.69) is 59.0 Å². The molecule has 26 heavy (non-hydrogen) atoms. The Hall–Kier alpha value is -0.393. The zero-order chi connectivity index (χ0) is 19.4. The average Bonchev–Trinajstić information content (AvgIpc) is 2.57. The highest BCUT2D eigenvalue weighted by Gasteiger charge is 2.35. The number of aryl methyl sites for hydroxylation is 2. The van der Waals surface area contributed by atoms with Gasteiger partial charge < -0.3 is 14.5 Å². The minimum atomic E-state index is -1.74. The van der Waals surface area contributed by atoms with E-state index in [1.54, 1.807) is 0 Å². The maximum absolute atomic E-state index is 6.90. The number of hydrogen-bond donors (Lipinski definition) is 1. The maximum atomic E-state index is 6.90. The zero-order valence-electron chi connectivity index (χ0n) is 17.4. The number of hydrogen-bond acceptors (Lipinski definition) is 3. The van der Waals surface area contributed by atoms with E-state index in [9.17, 15) is 0 Å². The van der Waals surface area contributed by atoms with Crippen molar-refractivity contribution in [3.63, 3.8) is 0 Å². The molecule has 0 radical (unpaired) electrons. The molecule has 1 unspecified atom stereocenters. The lowest BCUT2D eigenvalue weighted by Crippen LogP contribution is -2.48. The van der Waals surface area contributed by atoms with E-state index >= 15 is 0 Å². The Kier molecular flexibility index (Phi) is 7.75. The molecule has 1 aliphatic rings. The highest BCUT2D eigenvalue weighted by Crippen LogP contribution is 2.35. The van der Waals surface area contributed by atoms with Crippen LogP contribution in [0.1, 0.15) is 50.5 Å². The lowest BCUT2D eigenvalue weighted by molar-refractivity contribution is -0.0995. The molecule has 1 aliphatic heterocycles. The van der Waals surface area contributed by atoms with Gasteiger partial charge in [-0.05, 0) is 49.2 Å². The number of halogens is 1. The van der Waals surface area contributed by atoms with Crippen molar-refractivity contribution in [1.82, 2.24) is 5.32 Å². The second-order valence-corrected chi connectivity index (χ2v) is 13.4. The lowest BCUT2D eigenvalue weighted by Gasteiger charge is -2.39. The van der Waals surface area contributed by atoms with Crippen molar-refractivity contribution < 1.29 is 9.16 Å². The van der Waals surface area contributed by atoms with Gasteiger partial charge in [-0.2, -0.15) is 0 Å². The van der Waals surface area contributed by atoms with Crippen molar-refractivity contribution >= 4 is 19.9 Å². The topological polar surface area (TPSA) is 30.5 Å². The molecule has 1 aromatic rings. The highest BCUT2D eigenvalue weighted by atomic mass is 35.5. The minimum Gasteiger partial charge on any atom is -0.409 e. The fourth-order valence-electron chi connectivity index (χ4n) is 3.90. The van der Waals surface area contributed by atoms with Crippen LogP contribution < -0.4 is 5.32 Å². The van der Waals surface area contributed by atoms with Gasteiger partial charge in [-0.1, -0.05) is 45.4 Å². The van der Waals surface area contributed by atoms with Gasteiger partial charge in [0.25, 0.3) is 0 Å². The fraction of sp³-hybridized carbons (Fsp3) is 0.714. The van der Waals surface area contributed by atoms with Crippen molar-refractivity contribution in [3.8, 4) is 0 Å². The van der Waals surface area contributed by atoms with E-state index < -0.39 is 8.32 Å². The number of rotatable bonds is 10. The SMILES string of the molecule is CC[Si](CC)(CC)OC(CNCC1(C)COC1)c1c(C)cc(C)cc1Cl. The van der Waals surface area contributed by atoms with Crippen molar-refractivity contribution in [2.24, 2.45) is 5.41 Å². The van der Waals surface area contributed by atoms with Gasteiger partial charge in [0.1, 0.15) is 0 Å². The van der Waals surface area contributed by atoms with Crippen LogP contribution in [0.5, 0.6) is 0 Å². The van der Waals surface area contributed by atoms with Gasteiger partial charge in [0, 0.05) is 29.1 Å². The first-order chi connectivity index (χ1) is 12.3. The summed E-state index contributed by atoms with van der Waals surface area (Å²) in [5.74, 6) is 0. The van der Waals surface area contributed by atoms with Crippen LogP contribution >= 0.6 is 11.6 Å².